The van der Waals surface area contributed by atoms with Gasteiger partial charge >= 0.3 is 18.9 Å². The first kappa shape index (κ1) is 23.4. The van der Waals surface area contributed by atoms with Gasteiger partial charge in [0.1, 0.15) is 11.6 Å². The van der Waals surface area contributed by atoms with Crippen molar-refractivity contribution < 1.29 is 43.3 Å². The molecule has 6 atom stereocenters. The molecule has 4 fully saturated rings. The maximum atomic E-state index is 11.4. The van der Waals surface area contributed by atoms with E-state index in [9.17, 15) is 15.0 Å². The Morgan fingerprint density at radius 2 is 1.74 bits per heavy atom. The van der Waals surface area contributed by atoms with Crippen LogP contribution >= 0.6 is 0 Å². The Hall–Kier alpha value is -0.753. The first-order valence-corrected chi connectivity index (χ1v) is 11.5. The van der Waals surface area contributed by atoms with Gasteiger partial charge in [-0.15, -0.1) is 0 Å². The van der Waals surface area contributed by atoms with E-state index >= 15 is 0 Å². The Bertz CT molecular complexity index is 867. The van der Waals surface area contributed by atoms with Gasteiger partial charge in [0.25, 0.3) is 0 Å². The van der Waals surface area contributed by atoms with Crippen LogP contribution in [0.2, 0.25) is 0 Å². The summed E-state index contributed by atoms with van der Waals surface area (Å²) >= 11 is 0. The monoisotopic (exact) mass is 420 g/mol. The summed E-state index contributed by atoms with van der Waals surface area (Å²) in [6.07, 6.45) is 9.62. The molecule has 0 amide bonds. The van der Waals surface area contributed by atoms with Gasteiger partial charge < -0.3 is 24.5 Å². The third-order valence-electron chi connectivity index (χ3n) is 10.3. The number of fused-ring (bicyclic) bond motifs is 5. The third kappa shape index (κ3) is 3.06. The van der Waals surface area contributed by atoms with E-state index in [2.05, 4.69) is 38.7 Å². The molecule has 5 rings (SSSR count). The van der Waals surface area contributed by atoms with E-state index < -0.39 is 17.4 Å². The fraction of sp³-hybridized carbons (Fsp3) is 0.800. The van der Waals surface area contributed by atoms with Gasteiger partial charge in [0.15, 0.2) is 5.79 Å². The summed E-state index contributed by atoms with van der Waals surface area (Å²) in [6.45, 7) is 8.41. The molecule has 1 spiro atoms. The molecule has 1 N–H and O–H groups in total. The second-order valence-corrected chi connectivity index (χ2v) is 11.1. The standard InChI is InChI=1S/C25H34O5.Li/c1-21-12-13-25(29-14-15-30-25)16-17(21)4-5-18-19-6-8-24(28,9-7-20(26)27)23(19,3)11-10-22(18,21)2;/h4,18-19,28H,5-6,8,10-16H2,1-3H3,(H,26,27);/q;+1/p-1/t18-,19-,21-,22-,23-,24+;/m0./s1. The summed E-state index contributed by atoms with van der Waals surface area (Å²) < 4.78 is 12.1. The van der Waals surface area contributed by atoms with E-state index in [0.29, 0.717) is 31.5 Å². The van der Waals surface area contributed by atoms with E-state index in [-0.39, 0.29) is 35.1 Å². The summed E-state index contributed by atoms with van der Waals surface area (Å²) in [5, 5.41) is 22.3. The average molecular weight is 420 g/mol. The van der Waals surface area contributed by atoms with Gasteiger partial charge in [-0.05, 0) is 67.1 Å². The molecule has 3 saturated carbocycles. The molecule has 0 bridgehead atoms. The van der Waals surface area contributed by atoms with Crippen LogP contribution < -0.4 is 24.0 Å². The van der Waals surface area contributed by atoms with Crippen molar-refractivity contribution in [1.29, 1.82) is 0 Å². The SMILES string of the molecule is C[C@]12CCC3(CC1=CC[C@H]1[C@@H]4CC[C@@](O)(C#CC(=O)[O-])[C@@]4(C)CC[C@@]12C)OCCO3.[Li+]. The summed E-state index contributed by atoms with van der Waals surface area (Å²) in [6, 6.07) is 0. The normalized spacial score (nSPS) is 47.2. The summed E-state index contributed by atoms with van der Waals surface area (Å²) in [4.78, 5) is 10.9. The molecule has 6 heteroatoms. The molecule has 0 aromatic heterocycles. The molecular weight excluding hydrogens is 387 g/mol. The molecule has 31 heavy (non-hydrogen) atoms. The second kappa shape index (κ2) is 7.38. The van der Waals surface area contributed by atoms with Crippen molar-refractivity contribution in [3.63, 3.8) is 0 Å². The Balaban J connectivity index is 0.00000231. The van der Waals surface area contributed by atoms with Crippen molar-refractivity contribution >= 4 is 5.97 Å². The van der Waals surface area contributed by atoms with Crippen molar-refractivity contribution in [3.8, 4) is 11.8 Å². The van der Waals surface area contributed by atoms with Gasteiger partial charge in [0.05, 0.1) is 13.2 Å². The van der Waals surface area contributed by atoms with Gasteiger partial charge in [-0.3, -0.25) is 0 Å². The fourth-order valence-corrected chi connectivity index (χ4v) is 8.07. The maximum absolute atomic E-state index is 11.4. The predicted molar refractivity (Wildman–Crippen MR) is 109 cm³/mol. The number of carboxylic acid groups (broad SMARTS) is 1. The van der Waals surface area contributed by atoms with Crippen LogP contribution in [0.25, 0.3) is 0 Å². The summed E-state index contributed by atoms with van der Waals surface area (Å²) in [5.74, 6) is 3.78. The minimum absolute atomic E-state index is 0. The minimum Gasteiger partial charge on any atom is -0.537 e. The Kier molecular flexibility index (Phi) is 5.57. The number of rotatable bonds is 0. The zero-order valence-corrected chi connectivity index (χ0v) is 19.4. The van der Waals surface area contributed by atoms with Crippen LogP contribution in [0.3, 0.4) is 0 Å². The molecule has 1 heterocycles. The van der Waals surface area contributed by atoms with E-state index in [1.807, 2.05) is 0 Å². The molecule has 5 nitrogen and oxygen atoms in total. The molecule has 1 aliphatic heterocycles. The van der Waals surface area contributed by atoms with Gasteiger partial charge in [0, 0.05) is 18.3 Å². The van der Waals surface area contributed by atoms with Gasteiger partial charge in [-0.1, -0.05) is 38.3 Å². The number of aliphatic hydroxyl groups is 1. The Morgan fingerprint density at radius 3 is 2.42 bits per heavy atom. The van der Waals surface area contributed by atoms with E-state index in [1.165, 1.54) is 5.57 Å². The topological polar surface area (TPSA) is 78.8 Å². The molecule has 0 aromatic carbocycles. The zero-order valence-electron chi connectivity index (χ0n) is 19.4. The van der Waals surface area contributed by atoms with Crippen LogP contribution in [-0.2, 0) is 14.3 Å². The Morgan fingerprint density at radius 1 is 1.06 bits per heavy atom. The smallest absolute Gasteiger partial charge is 0.537 e. The number of carbonyl (C=O) groups is 1. The Labute approximate surface area is 197 Å². The van der Waals surface area contributed by atoms with Gasteiger partial charge in [0.2, 0.25) is 0 Å². The van der Waals surface area contributed by atoms with Crippen LogP contribution in [-0.4, -0.2) is 35.7 Å². The zero-order chi connectivity index (χ0) is 21.4. The molecule has 0 radical (unpaired) electrons. The molecule has 1 saturated heterocycles. The van der Waals surface area contributed by atoms with Crippen LogP contribution in [0.15, 0.2) is 11.6 Å². The fourth-order valence-electron chi connectivity index (χ4n) is 8.07. The number of allylic oxidation sites excluding steroid dienone is 1. The number of carboxylic acids is 1. The number of aliphatic carboxylic acids is 1. The summed E-state index contributed by atoms with van der Waals surface area (Å²) in [5.41, 5.74) is 0.119. The maximum Gasteiger partial charge on any atom is 1.00 e. The number of hydrogen-bond acceptors (Lipinski definition) is 5. The van der Waals surface area contributed by atoms with E-state index in [4.69, 9.17) is 9.47 Å². The van der Waals surface area contributed by atoms with Crippen LogP contribution in [0.1, 0.15) is 72.1 Å². The third-order valence-corrected chi connectivity index (χ3v) is 10.3. The number of ether oxygens (including phenoxy) is 2. The van der Waals surface area contributed by atoms with Gasteiger partial charge in [-0.2, -0.15) is 0 Å². The molecule has 5 aliphatic rings. The van der Waals surface area contributed by atoms with Crippen LogP contribution in [0.5, 0.6) is 0 Å². The van der Waals surface area contributed by atoms with E-state index in [1.54, 1.807) is 0 Å². The van der Waals surface area contributed by atoms with Crippen molar-refractivity contribution in [2.45, 2.75) is 83.5 Å². The van der Waals surface area contributed by atoms with Crippen LogP contribution in [0, 0.1) is 39.9 Å². The van der Waals surface area contributed by atoms with Crippen LogP contribution in [0.4, 0.5) is 0 Å². The average Bonchev–Trinajstić information content (AvgIpc) is 3.26. The van der Waals surface area contributed by atoms with E-state index in [0.717, 1.165) is 44.9 Å². The number of carbonyl (C=O) groups excluding carboxylic acids is 1. The van der Waals surface area contributed by atoms with Crippen molar-refractivity contribution in [2.75, 3.05) is 13.2 Å². The quantitative estimate of drug-likeness (QED) is 0.327. The molecule has 0 unspecified atom stereocenters. The van der Waals surface area contributed by atoms with Crippen molar-refractivity contribution in [2.24, 2.45) is 28.1 Å². The van der Waals surface area contributed by atoms with Crippen molar-refractivity contribution in [3.05, 3.63) is 11.6 Å². The van der Waals surface area contributed by atoms with Crippen molar-refractivity contribution in [1.82, 2.24) is 0 Å². The predicted octanol–water partition coefficient (Wildman–Crippen LogP) is -0.429. The molecule has 164 valence electrons. The first-order chi connectivity index (χ1) is 14.1. The summed E-state index contributed by atoms with van der Waals surface area (Å²) in [7, 11) is 0. The van der Waals surface area contributed by atoms with Gasteiger partial charge in [-0.25, -0.2) is 0 Å². The minimum atomic E-state index is -1.42. The molecule has 4 aliphatic carbocycles. The first-order valence-electron chi connectivity index (χ1n) is 11.5. The largest absolute Gasteiger partial charge is 1.00 e. The second-order valence-electron chi connectivity index (χ2n) is 11.1. The molecular formula is C25H33LiO5. The molecule has 0 aromatic rings. The number of hydrogen-bond donors (Lipinski definition) is 1.